The molecule has 1 saturated heterocycles. The van der Waals surface area contributed by atoms with Gasteiger partial charge in [-0.1, -0.05) is 12.1 Å². The van der Waals surface area contributed by atoms with E-state index in [2.05, 4.69) is 0 Å². The van der Waals surface area contributed by atoms with Gasteiger partial charge in [-0.3, -0.25) is 0 Å². The van der Waals surface area contributed by atoms with Crippen molar-refractivity contribution >= 4 is 10.0 Å². The Morgan fingerprint density at radius 3 is 2.62 bits per heavy atom. The van der Waals surface area contributed by atoms with Crippen LogP contribution in [0, 0.1) is 0 Å². The van der Waals surface area contributed by atoms with Gasteiger partial charge in [0.2, 0.25) is 10.0 Å². The molecule has 0 amide bonds. The molecule has 1 aliphatic heterocycles. The molecule has 0 bridgehead atoms. The van der Waals surface area contributed by atoms with E-state index >= 15 is 0 Å². The van der Waals surface area contributed by atoms with Crippen molar-refractivity contribution in [1.82, 2.24) is 4.31 Å². The molecule has 1 aliphatic rings. The molecular weight excluding hydrogens is 288 g/mol. The molecule has 0 aliphatic carbocycles. The SMILES string of the molecule is CCOC1CCCN(S(=O)(=O)c2ccc(C(C)N)cc2)C1. The van der Waals surface area contributed by atoms with Gasteiger partial charge < -0.3 is 10.5 Å². The maximum atomic E-state index is 12.7. The predicted octanol–water partition coefficient (Wildman–Crippen LogP) is 1.90. The van der Waals surface area contributed by atoms with Gasteiger partial charge in [0.05, 0.1) is 11.0 Å². The Labute approximate surface area is 127 Å². The number of sulfonamides is 1. The largest absolute Gasteiger partial charge is 0.377 e. The lowest BCUT2D eigenvalue weighted by molar-refractivity contribution is 0.0265. The van der Waals surface area contributed by atoms with Crippen LogP contribution in [-0.2, 0) is 14.8 Å². The molecule has 2 unspecified atom stereocenters. The molecule has 0 spiro atoms. The lowest BCUT2D eigenvalue weighted by atomic mass is 10.1. The monoisotopic (exact) mass is 312 g/mol. The number of rotatable bonds is 5. The number of ether oxygens (including phenoxy) is 1. The van der Waals surface area contributed by atoms with E-state index in [1.54, 1.807) is 24.3 Å². The topological polar surface area (TPSA) is 72.6 Å². The predicted molar refractivity (Wildman–Crippen MR) is 82.5 cm³/mol. The number of nitrogens with zero attached hydrogens (tertiary/aromatic N) is 1. The van der Waals surface area contributed by atoms with Crippen LogP contribution in [0.2, 0.25) is 0 Å². The Hall–Kier alpha value is -0.950. The van der Waals surface area contributed by atoms with Crippen LogP contribution in [0.3, 0.4) is 0 Å². The Morgan fingerprint density at radius 1 is 1.38 bits per heavy atom. The van der Waals surface area contributed by atoms with Crippen LogP contribution in [0.5, 0.6) is 0 Å². The smallest absolute Gasteiger partial charge is 0.243 e. The summed E-state index contributed by atoms with van der Waals surface area (Å²) in [5.41, 5.74) is 6.72. The van der Waals surface area contributed by atoms with Crippen molar-refractivity contribution in [3.8, 4) is 0 Å². The minimum atomic E-state index is -3.44. The van der Waals surface area contributed by atoms with Crippen molar-refractivity contribution in [3.05, 3.63) is 29.8 Å². The maximum Gasteiger partial charge on any atom is 0.243 e. The molecule has 5 nitrogen and oxygen atoms in total. The molecule has 1 fully saturated rings. The number of hydrogen-bond acceptors (Lipinski definition) is 4. The summed E-state index contributed by atoms with van der Waals surface area (Å²) in [6, 6.07) is 6.73. The normalized spacial score (nSPS) is 22.1. The van der Waals surface area contributed by atoms with Gasteiger partial charge in [-0.2, -0.15) is 4.31 Å². The average molecular weight is 312 g/mol. The molecule has 21 heavy (non-hydrogen) atoms. The van der Waals surface area contributed by atoms with Gasteiger partial charge in [0.25, 0.3) is 0 Å². The standard InChI is InChI=1S/C15H24N2O3S/c1-3-20-14-5-4-10-17(11-14)21(18,19)15-8-6-13(7-9-15)12(2)16/h6-9,12,14H,3-5,10-11,16H2,1-2H3. The summed E-state index contributed by atoms with van der Waals surface area (Å²) >= 11 is 0. The first kappa shape index (κ1) is 16.4. The highest BCUT2D eigenvalue weighted by Gasteiger charge is 2.30. The van der Waals surface area contributed by atoms with Crippen molar-refractivity contribution in [2.45, 2.75) is 43.7 Å². The first-order chi connectivity index (χ1) is 9.95. The van der Waals surface area contributed by atoms with E-state index in [1.807, 2.05) is 13.8 Å². The molecule has 1 aromatic carbocycles. The van der Waals surface area contributed by atoms with Crippen LogP contribution in [0.25, 0.3) is 0 Å². The van der Waals surface area contributed by atoms with E-state index in [4.69, 9.17) is 10.5 Å². The summed E-state index contributed by atoms with van der Waals surface area (Å²) < 4.78 is 32.4. The van der Waals surface area contributed by atoms with Gasteiger partial charge in [-0.25, -0.2) is 8.42 Å². The summed E-state index contributed by atoms with van der Waals surface area (Å²) in [5.74, 6) is 0. The summed E-state index contributed by atoms with van der Waals surface area (Å²) in [6.45, 7) is 5.41. The third-order valence-corrected chi connectivity index (χ3v) is 5.67. The van der Waals surface area contributed by atoms with Crippen molar-refractivity contribution in [2.24, 2.45) is 5.73 Å². The van der Waals surface area contributed by atoms with E-state index < -0.39 is 10.0 Å². The molecule has 2 rings (SSSR count). The molecule has 0 radical (unpaired) electrons. The van der Waals surface area contributed by atoms with Gasteiger partial charge in [0.15, 0.2) is 0 Å². The molecule has 118 valence electrons. The minimum absolute atomic E-state index is 0.00172. The lowest BCUT2D eigenvalue weighted by Gasteiger charge is -2.31. The summed E-state index contributed by atoms with van der Waals surface area (Å²) in [7, 11) is -3.44. The zero-order chi connectivity index (χ0) is 15.5. The number of piperidine rings is 1. The van der Waals surface area contributed by atoms with Crippen LogP contribution in [0.1, 0.15) is 38.3 Å². The molecule has 0 aromatic heterocycles. The average Bonchev–Trinajstić information content (AvgIpc) is 2.48. The van der Waals surface area contributed by atoms with Crippen LogP contribution < -0.4 is 5.73 Å². The third-order valence-electron chi connectivity index (χ3n) is 3.79. The Bertz CT molecular complexity index is 553. The second-order valence-electron chi connectivity index (χ2n) is 5.44. The number of nitrogens with two attached hydrogens (primary N) is 1. The highest BCUT2D eigenvalue weighted by Crippen LogP contribution is 2.23. The fraction of sp³-hybridized carbons (Fsp3) is 0.600. The van der Waals surface area contributed by atoms with Crippen LogP contribution in [-0.4, -0.2) is 38.5 Å². The Balaban J connectivity index is 2.17. The first-order valence-corrected chi connectivity index (χ1v) is 8.86. The lowest BCUT2D eigenvalue weighted by Crippen LogP contribution is -2.43. The van der Waals surface area contributed by atoms with Crippen LogP contribution in [0.15, 0.2) is 29.2 Å². The minimum Gasteiger partial charge on any atom is -0.377 e. The van der Waals surface area contributed by atoms with E-state index in [0.29, 0.717) is 24.6 Å². The molecule has 6 heteroatoms. The van der Waals surface area contributed by atoms with Crippen molar-refractivity contribution in [1.29, 1.82) is 0 Å². The van der Waals surface area contributed by atoms with Gasteiger partial charge in [-0.15, -0.1) is 0 Å². The quantitative estimate of drug-likeness (QED) is 0.901. The Kier molecular flexibility index (Phi) is 5.37. The maximum absolute atomic E-state index is 12.7. The highest BCUT2D eigenvalue weighted by molar-refractivity contribution is 7.89. The van der Waals surface area contributed by atoms with Gasteiger partial charge in [0, 0.05) is 25.7 Å². The van der Waals surface area contributed by atoms with E-state index in [0.717, 1.165) is 18.4 Å². The van der Waals surface area contributed by atoms with E-state index in [9.17, 15) is 8.42 Å². The van der Waals surface area contributed by atoms with Gasteiger partial charge in [0.1, 0.15) is 0 Å². The molecule has 2 N–H and O–H groups in total. The number of benzene rings is 1. The first-order valence-electron chi connectivity index (χ1n) is 7.42. The molecule has 1 heterocycles. The second-order valence-corrected chi connectivity index (χ2v) is 7.38. The van der Waals surface area contributed by atoms with Crippen LogP contribution >= 0.6 is 0 Å². The van der Waals surface area contributed by atoms with Gasteiger partial charge >= 0.3 is 0 Å². The van der Waals surface area contributed by atoms with E-state index in [-0.39, 0.29) is 12.1 Å². The van der Waals surface area contributed by atoms with Crippen molar-refractivity contribution in [2.75, 3.05) is 19.7 Å². The van der Waals surface area contributed by atoms with Gasteiger partial charge in [-0.05, 0) is 44.4 Å². The highest BCUT2D eigenvalue weighted by atomic mass is 32.2. The van der Waals surface area contributed by atoms with Crippen molar-refractivity contribution in [3.63, 3.8) is 0 Å². The Morgan fingerprint density at radius 2 is 2.05 bits per heavy atom. The molecule has 1 aromatic rings. The summed E-state index contributed by atoms with van der Waals surface area (Å²) in [4.78, 5) is 0.323. The van der Waals surface area contributed by atoms with E-state index in [1.165, 1.54) is 4.31 Å². The fourth-order valence-corrected chi connectivity index (χ4v) is 4.10. The zero-order valence-corrected chi connectivity index (χ0v) is 13.5. The second kappa shape index (κ2) is 6.87. The molecule has 0 saturated carbocycles. The molecule has 2 atom stereocenters. The summed E-state index contributed by atoms with van der Waals surface area (Å²) in [5, 5.41) is 0. The zero-order valence-electron chi connectivity index (χ0n) is 12.7. The van der Waals surface area contributed by atoms with Crippen molar-refractivity contribution < 1.29 is 13.2 Å². The fourth-order valence-electron chi connectivity index (χ4n) is 2.59. The molecular formula is C15H24N2O3S. The third kappa shape index (κ3) is 3.83. The van der Waals surface area contributed by atoms with Crippen LogP contribution in [0.4, 0.5) is 0 Å². The number of hydrogen-bond donors (Lipinski definition) is 1. The summed E-state index contributed by atoms with van der Waals surface area (Å²) in [6.07, 6.45) is 1.76.